The number of hydrogen-bond acceptors (Lipinski definition) is 3. The van der Waals surface area contributed by atoms with Gasteiger partial charge in [-0.1, -0.05) is 52.2 Å². The van der Waals surface area contributed by atoms with Crippen LogP contribution in [-0.2, 0) is 22.4 Å². The first-order valence-corrected chi connectivity index (χ1v) is 10.8. The van der Waals surface area contributed by atoms with Gasteiger partial charge in [-0.2, -0.15) is 0 Å². The van der Waals surface area contributed by atoms with Crippen LogP contribution in [0.4, 0.5) is 0 Å². The average Bonchev–Trinajstić information content (AvgIpc) is 3.35. The number of rotatable bonds is 13. The van der Waals surface area contributed by atoms with E-state index in [2.05, 4.69) is 32.9 Å². The first-order valence-electron chi connectivity index (χ1n) is 10.8. The Morgan fingerprint density at radius 3 is 2.41 bits per heavy atom. The van der Waals surface area contributed by atoms with E-state index in [1.165, 1.54) is 24.8 Å². The third-order valence-electron chi connectivity index (χ3n) is 5.72. The summed E-state index contributed by atoms with van der Waals surface area (Å²) in [6, 6.07) is 6.10. The van der Waals surface area contributed by atoms with Crippen molar-refractivity contribution in [3.63, 3.8) is 0 Å². The molecule has 1 aromatic carbocycles. The molecule has 0 amide bonds. The van der Waals surface area contributed by atoms with E-state index in [-0.39, 0.29) is 5.60 Å². The predicted molar refractivity (Wildman–Crippen MR) is 111 cm³/mol. The SMILES string of the molecule is CC(C)(C)CCCCCc1cc(CCCCCC2(OC=O)CC2)ccc1O. The summed E-state index contributed by atoms with van der Waals surface area (Å²) in [5, 5.41) is 10.1. The normalized spacial score (nSPS) is 15.5. The maximum absolute atomic E-state index is 10.5. The summed E-state index contributed by atoms with van der Waals surface area (Å²) in [6.07, 6.45) is 13.4. The number of phenolic OH excluding ortho intramolecular Hbond substituents is 1. The molecule has 0 atom stereocenters. The first kappa shape index (κ1) is 21.8. The Bertz CT molecular complexity index is 582. The Hall–Kier alpha value is -1.51. The lowest BCUT2D eigenvalue weighted by molar-refractivity contribution is -0.135. The van der Waals surface area contributed by atoms with Gasteiger partial charge in [0.2, 0.25) is 0 Å². The summed E-state index contributed by atoms with van der Waals surface area (Å²) in [5.74, 6) is 0.441. The van der Waals surface area contributed by atoms with Crippen LogP contribution >= 0.6 is 0 Å². The number of carbonyl (C=O) groups is 1. The van der Waals surface area contributed by atoms with Crippen molar-refractivity contribution in [3.05, 3.63) is 29.3 Å². The molecular formula is C24H38O3. The van der Waals surface area contributed by atoms with Crippen molar-refractivity contribution in [3.8, 4) is 5.75 Å². The van der Waals surface area contributed by atoms with Gasteiger partial charge in [-0.25, -0.2) is 0 Å². The van der Waals surface area contributed by atoms with E-state index in [0.29, 0.717) is 17.6 Å². The molecule has 0 heterocycles. The molecule has 1 aliphatic rings. The van der Waals surface area contributed by atoms with Crippen LogP contribution < -0.4 is 0 Å². The van der Waals surface area contributed by atoms with Gasteiger partial charge in [0.05, 0.1) is 0 Å². The van der Waals surface area contributed by atoms with Gasteiger partial charge in [0.15, 0.2) is 0 Å². The number of carbonyl (C=O) groups excluding carboxylic acids is 1. The minimum Gasteiger partial charge on any atom is -0.508 e. The molecule has 1 aliphatic carbocycles. The standard InChI is InChI=1S/C24H38O3/c1-23(2,3)14-8-5-7-11-21-18-20(12-13-22(21)26)10-6-4-9-15-24(16-17-24)27-19-25/h12-13,18-19,26H,4-11,14-17H2,1-3H3. The number of ether oxygens (including phenoxy) is 1. The number of aromatic hydroxyl groups is 1. The van der Waals surface area contributed by atoms with Crippen molar-refractivity contribution < 1.29 is 14.6 Å². The number of hydrogen-bond donors (Lipinski definition) is 1. The van der Waals surface area contributed by atoms with Crippen LogP contribution in [0.5, 0.6) is 5.75 Å². The molecule has 0 aromatic heterocycles. The second kappa shape index (κ2) is 10.1. The quantitative estimate of drug-likeness (QED) is 0.323. The lowest BCUT2D eigenvalue weighted by Crippen LogP contribution is -2.12. The smallest absolute Gasteiger partial charge is 0.293 e. The summed E-state index contributed by atoms with van der Waals surface area (Å²) in [4.78, 5) is 10.5. The van der Waals surface area contributed by atoms with Crippen molar-refractivity contribution in [2.24, 2.45) is 5.41 Å². The Morgan fingerprint density at radius 1 is 1.04 bits per heavy atom. The van der Waals surface area contributed by atoms with E-state index in [4.69, 9.17) is 4.74 Å². The fraction of sp³-hybridized carbons (Fsp3) is 0.708. The van der Waals surface area contributed by atoms with E-state index < -0.39 is 0 Å². The highest BCUT2D eigenvalue weighted by molar-refractivity contribution is 5.39. The fourth-order valence-corrected chi connectivity index (χ4v) is 3.76. The van der Waals surface area contributed by atoms with E-state index in [0.717, 1.165) is 63.4 Å². The van der Waals surface area contributed by atoms with E-state index in [1.807, 2.05) is 6.07 Å². The highest BCUT2D eigenvalue weighted by Gasteiger charge is 2.44. The fourth-order valence-electron chi connectivity index (χ4n) is 3.76. The molecular weight excluding hydrogens is 336 g/mol. The molecule has 2 rings (SSSR count). The Morgan fingerprint density at radius 2 is 1.74 bits per heavy atom. The van der Waals surface area contributed by atoms with Gasteiger partial charge in [-0.05, 0) is 80.4 Å². The Kier molecular flexibility index (Phi) is 8.19. The molecule has 1 fully saturated rings. The molecule has 0 saturated heterocycles. The van der Waals surface area contributed by atoms with Gasteiger partial charge in [0, 0.05) is 0 Å². The summed E-state index contributed by atoms with van der Waals surface area (Å²) in [6.45, 7) is 7.49. The van der Waals surface area contributed by atoms with Gasteiger partial charge in [-0.3, -0.25) is 4.79 Å². The zero-order valence-corrected chi connectivity index (χ0v) is 17.6. The van der Waals surface area contributed by atoms with Gasteiger partial charge in [-0.15, -0.1) is 0 Å². The molecule has 0 spiro atoms. The maximum Gasteiger partial charge on any atom is 0.293 e. The van der Waals surface area contributed by atoms with Crippen LogP contribution in [0.15, 0.2) is 18.2 Å². The zero-order valence-electron chi connectivity index (χ0n) is 17.6. The number of unbranched alkanes of at least 4 members (excludes halogenated alkanes) is 4. The molecule has 3 nitrogen and oxygen atoms in total. The summed E-state index contributed by atoms with van der Waals surface area (Å²) < 4.78 is 5.20. The molecule has 1 aromatic rings. The number of benzene rings is 1. The largest absolute Gasteiger partial charge is 0.508 e. The lowest BCUT2D eigenvalue weighted by atomic mass is 9.89. The second-order valence-electron chi connectivity index (χ2n) is 9.54. The Balaban J connectivity index is 1.65. The van der Waals surface area contributed by atoms with E-state index in [1.54, 1.807) is 0 Å². The first-order chi connectivity index (χ1) is 12.8. The molecule has 0 aliphatic heterocycles. The average molecular weight is 375 g/mol. The minimum absolute atomic E-state index is 0.111. The topological polar surface area (TPSA) is 46.5 Å². The predicted octanol–water partition coefficient (Wildman–Crippen LogP) is 6.35. The number of aryl methyl sites for hydroxylation is 2. The van der Waals surface area contributed by atoms with Crippen molar-refractivity contribution in [2.75, 3.05) is 0 Å². The summed E-state index contributed by atoms with van der Waals surface area (Å²) in [5.41, 5.74) is 2.73. The van der Waals surface area contributed by atoms with Crippen LogP contribution in [0.1, 0.15) is 96.1 Å². The highest BCUT2D eigenvalue weighted by atomic mass is 16.5. The van der Waals surface area contributed by atoms with E-state index >= 15 is 0 Å². The van der Waals surface area contributed by atoms with Crippen LogP contribution in [0.3, 0.4) is 0 Å². The van der Waals surface area contributed by atoms with Crippen LogP contribution in [0.2, 0.25) is 0 Å². The third-order valence-corrected chi connectivity index (χ3v) is 5.72. The van der Waals surface area contributed by atoms with Crippen molar-refractivity contribution in [1.29, 1.82) is 0 Å². The van der Waals surface area contributed by atoms with Crippen LogP contribution in [0.25, 0.3) is 0 Å². The second-order valence-corrected chi connectivity index (χ2v) is 9.54. The van der Waals surface area contributed by atoms with Gasteiger partial charge >= 0.3 is 0 Å². The zero-order chi connectivity index (χ0) is 19.8. The summed E-state index contributed by atoms with van der Waals surface area (Å²) in [7, 11) is 0. The molecule has 152 valence electrons. The number of phenols is 1. The van der Waals surface area contributed by atoms with Crippen LogP contribution in [0, 0.1) is 5.41 Å². The van der Waals surface area contributed by atoms with Gasteiger partial charge in [0.1, 0.15) is 11.4 Å². The van der Waals surface area contributed by atoms with Crippen molar-refractivity contribution >= 4 is 6.47 Å². The minimum atomic E-state index is -0.111. The molecule has 0 unspecified atom stereocenters. The monoisotopic (exact) mass is 374 g/mol. The molecule has 0 radical (unpaired) electrons. The van der Waals surface area contributed by atoms with Gasteiger partial charge < -0.3 is 9.84 Å². The molecule has 1 saturated carbocycles. The van der Waals surface area contributed by atoms with E-state index in [9.17, 15) is 9.90 Å². The van der Waals surface area contributed by atoms with Gasteiger partial charge in [0.25, 0.3) is 6.47 Å². The molecule has 1 N–H and O–H groups in total. The summed E-state index contributed by atoms with van der Waals surface area (Å²) >= 11 is 0. The van der Waals surface area contributed by atoms with Crippen LogP contribution in [-0.4, -0.2) is 17.2 Å². The Labute approximate surface area is 165 Å². The van der Waals surface area contributed by atoms with Crippen molar-refractivity contribution in [2.45, 2.75) is 103 Å². The highest BCUT2D eigenvalue weighted by Crippen LogP contribution is 2.43. The molecule has 3 heteroatoms. The maximum atomic E-state index is 10.5. The third kappa shape index (κ3) is 8.36. The van der Waals surface area contributed by atoms with Crippen molar-refractivity contribution in [1.82, 2.24) is 0 Å². The molecule has 27 heavy (non-hydrogen) atoms. The molecule has 0 bridgehead atoms. The lowest BCUT2D eigenvalue weighted by Gasteiger charge is -2.17.